The van der Waals surface area contributed by atoms with Crippen molar-refractivity contribution >= 4 is 11.6 Å². The second-order valence-corrected chi connectivity index (χ2v) is 5.84. The van der Waals surface area contributed by atoms with E-state index in [-0.39, 0.29) is 5.41 Å². The van der Waals surface area contributed by atoms with Gasteiger partial charge in [0.15, 0.2) is 0 Å². The lowest BCUT2D eigenvalue weighted by molar-refractivity contribution is -0.122. The van der Waals surface area contributed by atoms with Crippen molar-refractivity contribution in [2.75, 3.05) is 24.5 Å². The second kappa shape index (κ2) is 4.09. The van der Waals surface area contributed by atoms with E-state index in [4.69, 9.17) is 0 Å². The van der Waals surface area contributed by atoms with E-state index in [1.165, 1.54) is 5.56 Å². The van der Waals surface area contributed by atoms with E-state index in [1.54, 1.807) is 0 Å². The van der Waals surface area contributed by atoms with Crippen molar-refractivity contribution in [2.24, 2.45) is 5.92 Å². The molecule has 2 heterocycles. The SMILES string of the molecule is CC(C)CN1C(=O)[C@]2(CCNC2)c2ccccc21. The van der Waals surface area contributed by atoms with Gasteiger partial charge >= 0.3 is 0 Å². The topological polar surface area (TPSA) is 32.3 Å². The van der Waals surface area contributed by atoms with Gasteiger partial charge in [0.1, 0.15) is 0 Å². The minimum absolute atomic E-state index is 0.286. The summed E-state index contributed by atoms with van der Waals surface area (Å²) in [6.45, 7) is 6.87. The number of carbonyl (C=O) groups is 1. The van der Waals surface area contributed by atoms with Crippen LogP contribution in [0.5, 0.6) is 0 Å². The van der Waals surface area contributed by atoms with Gasteiger partial charge in [0.25, 0.3) is 0 Å². The number of hydrogen-bond acceptors (Lipinski definition) is 2. The number of para-hydroxylation sites is 1. The predicted octanol–water partition coefficient (Wildman–Crippen LogP) is 1.92. The minimum Gasteiger partial charge on any atom is -0.315 e. The monoisotopic (exact) mass is 244 g/mol. The summed E-state index contributed by atoms with van der Waals surface area (Å²) in [5, 5.41) is 3.35. The largest absolute Gasteiger partial charge is 0.315 e. The molecule has 3 rings (SSSR count). The average molecular weight is 244 g/mol. The van der Waals surface area contributed by atoms with Crippen LogP contribution >= 0.6 is 0 Å². The molecule has 3 nitrogen and oxygen atoms in total. The molecule has 0 aromatic heterocycles. The lowest BCUT2D eigenvalue weighted by Gasteiger charge is -2.24. The van der Waals surface area contributed by atoms with Crippen LogP contribution in [-0.2, 0) is 10.2 Å². The molecule has 1 aromatic carbocycles. The molecule has 18 heavy (non-hydrogen) atoms. The first-order valence-electron chi connectivity index (χ1n) is 6.77. The van der Waals surface area contributed by atoms with Crippen LogP contribution in [0.15, 0.2) is 24.3 Å². The summed E-state index contributed by atoms with van der Waals surface area (Å²) < 4.78 is 0. The molecule has 1 aromatic rings. The third-order valence-electron chi connectivity index (χ3n) is 4.07. The van der Waals surface area contributed by atoms with Crippen LogP contribution < -0.4 is 10.2 Å². The van der Waals surface area contributed by atoms with Crippen LogP contribution in [0.4, 0.5) is 5.69 Å². The Morgan fingerprint density at radius 3 is 2.83 bits per heavy atom. The van der Waals surface area contributed by atoms with Gasteiger partial charge in [0.2, 0.25) is 5.91 Å². The molecule has 1 spiro atoms. The Hall–Kier alpha value is -1.35. The summed E-state index contributed by atoms with van der Waals surface area (Å²) in [5.41, 5.74) is 2.06. The molecular formula is C15H20N2O. The highest BCUT2D eigenvalue weighted by Crippen LogP contribution is 2.45. The number of nitrogens with zero attached hydrogens (tertiary/aromatic N) is 1. The number of nitrogens with one attached hydrogen (secondary N) is 1. The highest BCUT2D eigenvalue weighted by atomic mass is 16.2. The number of carbonyl (C=O) groups excluding carboxylic acids is 1. The van der Waals surface area contributed by atoms with Gasteiger partial charge in [-0.3, -0.25) is 4.79 Å². The molecule has 1 fully saturated rings. The van der Waals surface area contributed by atoms with Crippen molar-refractivity contribution in [1.29, 1.82) is 0 Å². The van der Waals surface area contributed by atoms with E-state index in [0.717, 1.165) is 31.7 Å². The Labute approximate surface area is 108 Å². The normalized spacial score (nSPS) is 26.4. The maximum atomic E-state index is 12.8. The van der Waals surface area contributed by atoms with Gasteiger partial charge in [-0.2, -0.15) is 0 Å². The smallest absolute Gasteiger partial charge is 0.239 e. The van der Waals surface area contributed by atoms with Crippen LogP contribution in [0.25, 0.3) is 0 Å². The van der Waals surface area contributed by atoms with Gasteiger partial charge < -0.3 is 10.2 Å². The molecule has 3 heteroatoms. The first kappa shape index (κ1) is 11.7. The Bertz CT molecular complexity index is 475. The summed E-state index contributed by atoms with van der Waals surface area (Å²) in [7, 11) is 0. The van der Waals surface area contributed by atoms with Gasteiger partial charge in [0.05, 0.1) is 5.41 Å². The zero-order valence-corrected chi connectivity index (χ0v) is 11.1. The third-order valence-corrected chi connectivity index (χ3v) is 4.07. The molecule has 0 saturated carbocycles. The van der Waals surface area contributed by atoms with Crippen LogP contribution in [0.2, 0.25) is 0 Å². The fourth-order valence-electron chi connectivity index (χ4n) is 3.25. The number of amides is 1. The number of anilines is 1. The molecule has 0 aliphatic carbocycles. The van der Waals surface area contributed by atoms with Crippen molar-refractivity contribution in [2.45, 2.75) is 25.7 Å². The lowest BCUT2D eigenvalue weighted by Crippen LogP contribution is -2.43. The quantitative estimate of drug-likeness (QED) is 0.862. The van der Waals surface area contributed by atoms with Crippen molar-refractivity contribution in [3.05, 3.63) is 29.8 Å². The standard InChI is InChI=1S/C15H20N2O/c1-11(2)9-17-13-6-4-3-5-12(13)15(14(17)18)7-8-16-10-15/h3-6,11,16H,7-10H2,1-2H3/t15-/m0/s1. The molecule has 0 unspecified atom stereocenters. The number of hydrogen-bond donors (Lipinski definition) is 1. The second-order valence-electron chi connectivity index (χ2n) is 5.84. The van der Waals surface area contributed by atoms with Crippen molar-refractivity contribution < 1.29 is 4.79 Å². The number of benzene rings is 1. The summed E-state index contributed by atoms with van der Waals surface area (Å²) in [6.07, 6.45) is 0.928. The zero-order chi connectivity index (χ0) is 12.8. The first-order chi connectivity index (χ1) is 8.65. The van der Waals surface area contributed by atoms with E-state index in [1.807, 2.05) is 17.0 Å². The number of rotatable bonds is 2. The van der Waals surface area contributed by atoms with Gasteiger partial charge in [-0.15, -0.1) is 0 Å². The molecule has 1 atom stereocenters. The molecular weight excluding hydrogens is 224 g/mol. The molecule has 2 aliphatic rings. The molecule has 1 N–H and O–H groups in total. The van der Waals surface area contributed by atoms with Crippen LogP contribution in [0.3, 0.4) is 0 Å². The Balaban J connectivity index is 2.08. The Morgan fingerprint density at radius 2 is 2.17 bits per heavy atom. The maximum Gasteiger partial charge on any atom is 0.239 e. The molecule has 1 amide bonds. The summed E-state index contributed by atoms with van der Waals surface area (Å²) in [4.78, 5) is 14.8. The van der Waals surface area contributed by atoms with Gasteiger partial charge in [0, 0.05) is 18.8 Å². The van der Waals surface area contributed by atoms with Crippen LogP contribution in [0, 0.1) is 5.92 Å². The fourth-order valence-corrected chi connectivity index (χ4v) is 3.25. The highest BCUT2D eigenvalue weighted by Gasteiger charge is 2.51. The molecule has 0 radical (unpaired) electrons. The van der Waals surface area contributed by atoms with E-state index in [0.29, 0.717) is 11.8 Å². The van der Waals surface area contributed by atoms with E-state index in [9.17, 15) is 4.79 Å². The molecule has 0 bridgehead atoms. The fraction of sp³-hybridized carbons (Fsp3) is 0.533. The van der Waals surface area contributed by atoms with Crippen molar-refractivity contribution in [3.8, 4) is 0 Å². The lowest BCUT2D eigenvalue weighted by atomic mass is 9.81. The molecule has 96 valence electrons. The van der Waals surface area contributed by atoms with Gasteiger partial charge in [-0.05, 0) is 30.5 Å². The highest BCUT2D eigenvalue weighted by molar-refractivity contribution is 6.08. The van der Waals surface area contributed by atoms with Gasteiger partial charge in [-0.1, -0.05) is 32.0 Å². The van der Waals surface area contributed by atoms with Gasteiger partial charge in [-0.25, -0.2) is 0 Å². The third kappa shape index (κ3) is 1.50. The molecule has 1 saturated heterocycles. The zero-order valence-electron chi connectivity index (χ0n) is 11.1. The van der Waals surface area contributed by atoms with Crippen LogP contribution in [0.1, 0.15) is 25.8 Å². The first-order valence-corrected chi connectivity index (χ1v) is 6.77. The summed E-state index contributed by atoms with van der Waals surface area (Å²) >= 11 is 0. The summed E-state index contributed by atoms with van der Waals surface area (Å²) in [6, 6.07) is 8.29. The Morgan fingerprint density at radius 1 is 1.39 bits per heavy atom. The van der Waals surface area contributed by atoms with E-state index in [2.05, 4.69) is 31.3 Å². The van der Waals surface area contributed by atoms with E-state index >= 15 is 0 Å². The van der Waals surface area contributed by atoms with Crippen molar-refractivity contribution in [1.82, 2.24) is 5.32 Å². The van der Waals surface area contributed by atoms with Crippen LogP contribution in [-0.4, -0.2) is 25.5 Å². The molecule has 2 aliphatic heterocycles. The average Bonchev–Trinajstić information content (AvgIpc) is 2.92. The minimum atomic E-state index is -0.286. The Kier molecular flexibility index (Phi) is 2.67. The predicted molar refractivity (Wildman–Crippen MR) is 72.8 cm³/mol. The number of fused-ring (bicyclic) bond motifs is 2. The van der Waals surface area contributed by atoms with Crippen molar-refractivity contribution in [3.63, 3.8) is 0 Å². The van der Waals surface area contributed by atoms with E-state index < -0.39 is 0 Å². The summed E-state index contributed by atoms with van der Waals surface area (Å²) in [5.74, 6) is 0.786. The maximum absolute atomic E-state index is 12.8.